The highest BCUT2D eigenvalue weighted by molar-refractivity contribution is 5.33. The summed E-state index contributed by atoms with van der Waals surface area (Å²) >= 11 is 0. The van der Waals surface area contributed by atoms with Crippen LogP contribution in [-0.2, 0) is 0 Å². The van der Waals surface area contributed by atoms with Crippen molar-refractivity contribution in [3.63, 3.8) is 0 Å². The van der Waals surface area contributed by atoms with Gasteiger partial charge in [-0.15, -0.1) is 0 Å². The molecule has 0 aliphatic carbocycles. The zero-order valence-electron chi connectivity index (χ0n) is 13.5. The second-order valence-corrected chi connectivity index (χ2v) is 5.86. The van der Waals surface area contributed by atoms with Crippen LogP contribution in [0, 0.1) is 11.8 Å². The predicted octanol–water partition coefficient (Wildman–Crippen LogP) is 3.73. The van der Waals surface area contributed by atoms with Crippen molar-refractivity contribution in [1.82, 2.24) is 5.32 Å². The molecule has 0 radical (unpaired) electrons. The standard InChI is InChI=1S/C17H29NO2/c1-6-19-15-8-7-9-16(10-15)20-17(14(4)5)12-18-11-13(2)3/h7-10,13-14,17-18H,6,11-12H2,1-5H3. The van der Waals surface area contributed by atoms with Gasteiger partial charge in [0.15, 0.2) is 0 Å². The summed E-state index contributed by atoms with van der Waals surface area (Å²) in [5.74, 6) is 2.86. The SMILES string of the molecule is CCOc1cccc(OC(CNCC(C)C)C(C)C)c1. The molecule has 0 fully saturated rings. The molecule has 0 heterocycles. The molecule has 1 aromatic rings. The largest absolute Gasteiger partial charge is 0.494 e. The van der Waals surface area contributed by atoms with E-state index in [4.69, 9.17) is 9.47 Å². The Kier molecular flexibility index (Phi) is 7.45. The van der Waals surface area contributed by atoms with Crippen molar-refractivity contribution < 1.29 is 9.47 Å². The molecule has 0 aromatic heterocycles. The van der Waals surface area contributed by atoms with E-state index in [1.807, 2.05) is 31.2 Å². The summed E-state index contributed by atoms with van der Waals surface area (Å²) in [7, 11) is 0. The number of ether oxygens (including phenoxy) is 2. The topological polar surface area (TPSA) is 30.5 Å². The number of rotatable bonds is 9. The lowest BCUT2D eigenvalue weighted by atomic mass is 10.1. The number of hydrogen-bond donors (Lipinski definition) is 1. The number of nitrogens with one attached hydrogen (secondary N) is 1. The Morgan fingerprint density at radius 2 is 1.75 bits per heavy atom. The van der Waals surface area contributed by atoms with Gasteiger partial charge in [-0.1, -0.05) is 33.8 Å². The van der Waals surface area contributed by atoms with Crippen LogP contribution >= 0.6 is 0 Å². The predicted molar refractivity (Wildman–Crippen MR) is 84.6 cm³/mol. The van der Waals surface area contributed by atoms with E-state index in [0.29, 0.717) is 18.4 Å². The van der Waals surface area contributed by atoms with E-state index in [-0.39, 0.29) is 6.10 Å². The first-order chi connectivity index (χ1) is 9.52. The molecule has 0 bridgehead atoms. The molecule has 0 spiro atoms. The third-order valence-electron chi connectivity index (χ3n) is 3.05. The fourth-order valence-electron chi connectivity index (χ4n) is 1.91. The van der Waals surface area contributed by atoms with Gasteiger partial charge in [-0.2, -0.15) is 0 Å². The molecule has 1 unspecified atom stereocenters. The van der Waals surface area contributed by atoms with E-state index >= 15 is 0 Å². The van der Waals surface area contributed by atoms with Crippen LogP contribution in [0.15, 0.2) is 24.3 Å². The molecule has 0 amide bonds. The van der Waals surface area contributed by atoms with Gasteiger partial charge in [-0.25, -0.2) is 0 Å². The van der Waals surface area contributed by atoms with Crippen molar-refractivity contribution in [3.8, 4) is 11.5 Å². The minimum atomic E-state index is 0.172. The van der Waals surface area contributed by atoms with Crippen molar-refractivity contribution >= 4 is 0 Å². The lowest BCUT2D eigenvalue weighted by molar-refractivity contribution is 0.147. The second kappa shape index (κ2) is 8.85. The van der Waals surface area contributed by atoms with E-state index in [9.17, 15) is 0 Å². The molecule has 0 aliphatic rings. The zero-order chi connectivity index (χ0) is 15.0. The van der Waals surface area contributed by atoms with Gasteiger partial charge in [0, 0.05) is 12.6 Å². The molecular formula is C17H29NO2. The second-order valence-electron chi connectivity index (χ2n) is 5.86. The Morgan fingerprint density at radius 3 is 2.35 bits per heavy atom. The van der Waals surface area contributed by atoms with Crippen LogP contribution in [0.1, 0.15) is 34.6 Å². The molecule has 0 saturated carbocycles. The molecule has 114 valence electrons. The third kappa shape index (κ3) is 6.29. The summed E-state index contributed by atoms with van der Waals surface area (Å²) in [6.07, 6.45) is 0.172. The quantitative estimate of drug-likeness (QED) is 0.747. The Hall–Kier alpha value is -1.22. The first-order valence-electron chi connectivity index (χ1n) is 7.63. The van der Waals surface area contributed by atoms with Gasteiger partial charge in [0.05, 0.1) is 6.61 Å². The molecular weight excluding hydrogens is 250 g/mol. The van der Waals surface area contributed by atoms with Crippen LogP contribution in [-0.4, -0.2) is 25.8 Å². The number of benzene rings is 1. The van der Waals surface area contributed by atoms with Crippen molar-refractivity contribution in [2.75, 3.05) is 19.7 Å². The van der Waals surface area contributed by atoms with Crippen molar-refractivity contribution in [1.29, 1.82) is 0 Å². The van der Waals surface area contributed by atoms with Crippen LogP contribution in [0.25, 0.3) is 0 Å². The van der Waals surface area contributed by atoms with Gasteiger partial charge >= 0.3 is 0 Å². The number of hydrogen-bond acceptors (Lipinski definition) is 3. The molecule has 1 N–H and O–H groups in total. The van der Waals surface area contributed by atoms with Crippen LogP contribution in [0.3, 0.4) is 0 Å². The first-order valence-corrected chi connectivity index (χ1v) is 7.63. The monoisotopic (exact) mass is 279 g/mol. The van der Waals surface area contributed by atoms with E-state index in [0.717, 1.165) is 24.6 Å². The Morgan fingerprint density at radius 1 is 1.05 bits per heavy atom. The highest BCUT2D eigenvalue weighted by Crippen LogP contribution is 2.22. The molecule has 3 nitrogen and oxygen atoms in total. The maximum Gasteiger partial charge on any atom is 0.123 e. The summed E-state index contributed by atoms with van der Waals surface area (Å²) in [6, 6.07) is 7.87. The molecule has 3 heteroatoms. The lowest BCUT2D eigenvalue weighted by Gasteiger charge is -2.24. The summed E-state index contributed by atoms with van der Waals surface area (Å²) in [5, 5.41) is 3.47. The molecule has 1 rings (SSSR count). The van der Waals surface area contributed by atoms with Gasteiger partial charge in [-0.3, -0.25) is 0 Å². The van der Waals surface area contributed by atoms with Gasteiger partial charge in [0.1, 0.15) is 17.6 Å². The zero-order valence-corrected chi connectivity index (χ0v) is 13.5. The molecule has 20 heavy (non-hydrogen) atoms. The van der Waals surface area contributed by atoms with E-state index in [1.54, 1.807) is 0 Å². The normalized spacial score (nSPS) is 12.8. The van der Waals surface area contributed by atoms with E-state index < -0.39 is 0 Å². The fourth-order valence-corrected chi connectivity index (χ4v) is 1.91. The minimum absolute atomic E-state index is 0.172. The van der Waals surface area contributed by atoms with Gasteiger partial charge in [-0.05, 0) is 37.4 Å². The summed E-state index contributed by atoms with van der Waals surface area (Å²) in [6.45, 7) is 13.4. The van der Waals surface area contributed by atoms with Crippen LogP contribution in [0.4, 0.5) is 0 Å². The van der Waals surface area contributed by atoms with Gasteiger partial charge in [0.25, 0.3) is 0 Å². The van der Waals surface area contributed by atoms with Gasteiger partial charge < -0.3 is 14.8 Å². The molecule has 0 saturated heterocycles. The van der Waals surface area contributed by atoms with Crippen LogP contribution in [0.2, 0.25) is 0 Å². The highest BCUT2D eigenvalue weighted by Gasteiger charge is 2.15. The third-order valence-corrected chi connectivity index (χ3v) is 3.05. The van der Waals surface area contributed by atoms with Crippen LogP contribution < -0.4 is 14.8 Å². The molecule has 1 atom stereocenters. The van der Waals surface area contributed by atoms with Crippen molar-refractivity contribution in [2.24, 2.45) is 11.8 Å². The smallest absolute Gasteiger partial charge is 0.123 e. The Bertz CT molecular complexity index is 377. The van der Waals surface area contributed by atoms with E-state index in [1.165, 1.54) is 0 Å². The van der Waals surface area contributed by atoms with Gasteiger partial charge in [0.2, 0.25) is 0 Å². The van der Waals surface area contributed by atoms with Crippen molar-refractivity contribution in [2.45, 2.75) is 40.7 Å². The highest BCUT2D eigenvalue weighted by atomic mass is 16.5. The van der Waals surface area contributed by atoms with Crippen LogP contribution in [0.5, 0.6) is 11.5 Å². The van der Waals surface area contributed by atoms with Crippen molar-refractivity contribution in [3.05, 3.63) is 24.3 Å². The van der Waals surface area contributed by atoms with E-state index in [2.05, 4.69) is 33.0 Å². The Balaban J connectivity index is 2.58. The maximum atomic E-state index is 6.10. The molecule has 1 aromatic carbocycles. The Labute approximate surface area is 123 Å². The average molecular weight is 279 g/mol. The summed E-state index contributed by atoms with van der Waals surface area (Å²) in [4.78, 5) is 0. The average Bonchev–Trinajstić information content (AvgIpc) is 2.38. The fraction of sp³-hybridized carbons (Fsp3) is 0.647. The maximum absolute atomic E-state index is 6.10. The molecule has 0 aliphatic heterocycles. The lowest BCUT2D eigenvalue weighted by Crippen LogP contribution is -2.36. The minimum Gasteiger partial charge on any atom is -0.494 e. The summed E-state index contributed by atoms with van der Waals surface area (Å²) < 4.78 is 11.6. The first kappa shape index (κ1) is 16.8. The summed E-state index contributed by atoms with van der Waals surface area (Å²) in [5.41, 5.74) is 0.